The lowest BCUT2D eigenvalue weighted by Gasteiger charge is -2.30. The fourth-order valence-corrected chi connectivity index (χ4v) is 3.98. The number of aryl methyl sites for hydroxylation is 3. The molecule has 0 saturated carbocycles. The molecule has 27 heavy (non-hydrogen) atoms. The molecule has 1 aliphatic heterocycles. The largest absolute Gasteiger partial charge is 0.309 e. The van der Waals surface area contributed by atoms with Gasteiger partial charge in [0.05, 0.1) is 17.6 Å². The molecular weight excluding hydrogens is 346 g/mol. The summed E-state index contributed by atoms with van der Waals surface area (Å²) >= 11 is 0. The van der Waals surface area contributed by atoms with Crippen LogP contribution in [0.2, 0.25) is 0 Å². The zero-order valence-corrected chi connectivity index (χ0v) is 15.4. The molecule has 3 nitrogen and oxygen atoms in total. The third kappa shape index (κ3) is 3.07. The first-order valence-corrected chi connectivity index (χ1v) is 9.09. The van der Waals surface area contributed by atoms with Gasteiger partial charge in [0.1, 0.15) is 11.6 Å². The van der Waals surface area contributed by atoms with E-state index in [1.165, 1.54) is 11.0 Å². The Kier molecular flexibility index (Phi) is 4.38. The molecule has 0 N–H and O–H groups in total. The lowest BCUT2D eigenvalue weighted by molar-refractivity contribution is -0.118. The average Bonchev–Trinajstić information content (AvgIpc) is 2.64. The first-order valence-electron chi connectivity index (χ1n) is 9.09. The van der Waals surface area contributed by atoms with Gasteiger partial charge in [-0.2, -0.15) is 0 Å². The van der Waals surface area contributed by atoms with E-state index in [1.807, 2.05) is 38.1 Å². The zero-order chi connectivity index (χ0) is 19.1. The Balaban J connectivity index is 1.72. The molecule has 3 aromatic rings. The van der Waals surface area contributed by atoms with Crippen LogP contribution < -0.4 is 4.90 Å². The summed E-state index contributed by atoms with van der Waals surface area (Å²) in [7, 11) is 0. The summed E-state index contributed by atoms with van der Waals surface area (Å²) in [6.07, 6.45) is 1.41. The molecule has 5 heteroatoms. The van der Waals surface area contributed by atoms with Crippen molar-refractivity contribution in [2.75, 3.05) is 11.4 Å². The Labute approximate surface area is 156 Å². The van der Waals surface area contributed by atoms with Crippen LogP contribution in [-0.4, -0.2) is 17.4 Å². The minimum atomic E-state index is -0.678. The summed E-state index contributed by atoms with van der Waals surface area (Å²) in [5.41, 5.74) is 4.36. The van der Waals surface area contributed by atoms with Crippen molar-refractivity contribution in [3.05, 3.63) is 70.4 Å². The molecule has 0 atom stereocenters. The molecule has 0 saturated heterocycles. The number of amides is 1. The van der Waals surface area contributed by atoms with Gasteiger partial charge in [-0.3, -0.25) is 9.78 Å². The highest BCUT2D eigenvalue weighted by molar-refractivity contribution is 5.97. The van der Waals surface area contributed by atoms with Crippen molar-refractivity contribution in [2.45, 2.75) is 33.1 Å². The number of hydrogen-bond acceptors (Lipinski definition) is 2. The van der Waals surface area contributed by atoms with Crippen molar-refractivity contribution in [1.82, 2.24) is 4.98 Å². The number of para-hydroxylation sites is 1. The van der Waals surface area contributed by atoms with E-state index in [2.05, 4.69) is 4.98 Å². The number of nitrogens with zero attached hydrogens (tertiary/aromatic N) is 2. The van der Waals surface area contributed by atoms with E-state index < -0.39 is 11.6 Å². The van der Waals surface area contributed by atoms with Crippen LogP contribution >= 0.6 is 0 Å². The topological polar surface area (TPSA) is 33.2 Å². The lowest BCUT2D eigenvalue weighted by atomic mass is 9.97. The number of fused-ring (bicyclic) bond motifs is 2. The molecule has 4 rings (SSSR count). The van der Waals surface area contributed by atoms with E-state index in [1.54, 1.807) is 0 Å². The smallest absolute Gasteiger partial charge is 0.231 e. The van der Waals surface area contributed by atoms with Gasteiger partial charge in [-0.1, -0.05) is 18.2 Å². The third-order valence-electron chi connectivity index (χ3n) is 5.32. The van der Waals surface area contributed by atoms with E-state index in [4.69, 9.17) is 0 Å². The Morgan fingerprint density at radius 3 is 2.78 bits per heavy atom. The van der Waals surface area contributed by atoms with E-state index >= 15 is 0 Å². The highest BCUT2D eigenvalue weighted by Gasteiger charge is 2.27. The van der Waals surface area contributed by atoms with Crippen molar-refractivity contribution in [3.63, 3.8) is 0 Å². The monoisotopic (exact) mass is 366 g/mol. The van der Waals surface area contributed by atoms with Gasteiger partial charge in [0, 0.05) is 23.7 Å². The normalized spacial score (nSPS) is 13.7. The summed E-state index contributed by atoms with van der Waals surface area (Å²) in [5, 5.41) is 1.01. The number of aromatic nitrogens is 1. The van der Waals surface area contributed by atoms with Gasteiger partial charge in [-0.05, 0) is 55.5 Å². The number of rotatable bonds is 2. The molecule has 1 aliphatic rings. The maximum atomic E-state index is 14.4. The molecule has 0 unspecified atom stereocenters. The zero-order valence-electron chi connectivity index (χ0n) is 15.4. The van der Waals surface area contributed by atoms with Gasteiger partial charge in [0.25, 0.3) is 0 Å². The van der Waals surface area contributed by atoms with Crippen LogP contribution in [0, 0.1) is 25.5 Å². The SMILES string of the molecule is Cc1nc2ccccc2c(C)c1CC(=O)N1CCCc2cc(F)cc(F)c21. The third-order valence-corrected chi connectivity index (χ3v) is 5.32. The highest BCUT2D eigenvalue weighted by Crippen LogP contribution is 2.32. The number of halogens is 2. The van der Waals surface area contributed by atoms with Crippen LogP contribution in [0.1, 0.15) is 28.8 Å². The summed E-state index contributed by atoms with van der Waals surface area (Å²) in [6, 6.07) is 9.99. The maximum Gasteiger partial charge on any atom is 0.231 e. The minimum Gasteiger partial charge on any atom is -0.309 e. The molecule has 1 amide bonds. The average molecular weight is 366 g/mol. The molecule has 0 fully saturated rings. The molecule has 1 aromatic heterocycles. The van der Waals surface area contributed by atoms with Gasteiger partial charge in [0.2, 0.25) is 5.91 Å². The van der Waals surface area contributed by atoms with Crippen molar-refractivity contribution >= 4 is 22.5 Å². The van der Waals surface area contributed by atoms with Crippen LogP contribution in [0.5, 0.6) is 0 Å². The number of anilines is 1. The number of hydrogen-bond donors (Lipinski definition) is 0. The van der Waals surface area contributed by atoms with Crippen LogP contribution in [-0.2, 0) is 17.6 Å². The number of carbonyl (C=O) groups is 1. The van der Waals surface area contributed by atoms with Crippen LogP contribution in [0.15, 0.2) is 36.4 Å². The van der Waals surface area contributed by atoms with Gasteiger partial charge in [-0.15, -0.1) is 0 Å². The molecule has 138 valence electrons. The maximum absolute atomic E-state index is 14.4. The van der Waals surface area contributed by atoms with E-state index in [-0.39, 0.29) is 18.0 Å². The molecule has 2 aromatic carbocycles. The van der Waals surface area contributed by atoms with E-state index in [9.17, 15) is 13.6 Å². The minimum absolute atomic E-state index is 0.145. The fraction of sp³-hybridized carbons (Fsp3) is 0.273. The molecular formula is C22H20F2N2O. The van der Waals surface area contributed by atoms with Crippen LogP contribution in [0.4, 0.5) is 14.5 Å². The predicted octanol–water partition coefficient (Wildman–Crippen LogP) is 4.65. The second kappa shape index (κ2) is 6.72. The van der Waals surface area contributed by atoms with E-state index in [0.717, 1.165) is 33.8 Å². The van der Waals surface area contributed by atoms with Gasteiger partial charge in [-0.25, -0.2) is 8.78 Å². The first-order chi connectivity index (χ1) is 13.0. The Bertz CT molecular complexity index is 1060. The van der Waals surface area contributed by atoms with Crippen molar-refractivity contribution in [2.24, 2.45) is 0 Å². The van der Waals surface area contributed by atoms with Gasteiger partial charge in [0.15, 0.2) is 0 Å². The Morgan fingerprint density at radius 2 is 1.96 bits per heavy atom. The van der Waals surface area contributed by atoms with Crippen molar-refractivity contribution in [1.29, 1.82) is 0 Å². The lowest BCUT2D eigenvalue weighted by Crippen LogP contribution is -2.37. The fourth-order valence-electron chi connectivity index (χ4n) is 3.98. The summed E-state index contributed by atoms with van der Waals surface area (Å²) in [5.74, 6) is -1.47. The number of benzene rings is 2. The Hall–Kier alpha value is -2.82. The molecule has 2 heterocycles. The standard InChI is InChI=1S/C22H20F2N2O/c1-13-17-7-3-4-8-20(17)25-14(2)18(13)12-21(27)26-9-5-6-15-10-16(23)11-19(24)22(15)26/h3-4,7-8,10-11H,5-6,9,12H2,1-2H3. The number of carbonyl (C=O) groups excluding carboxylic acids is 1. The van der Waals surface area contributed by atoms with Crippen LogP contribution in [0.3, 0.4) is 0 Å². The van der Waals surface area contributed by atoms with Crippen molar-refractivity contribution < 1.29 is 13.6 Å². The molecule has 0 spiro atoms. The quantitative estimate of drug-likeness (QED) is 0.661. The molecule has 0 bridgehead atoms. The molecule has 0 radical (unpaired) electrons. The van der Waals surface area contributed by atoms with E-state index in [0.29, 0.717) is 24.9 Å². The van der Waals surface area contributed by atoms with Gasteiger partial charge >= 0.3 is 0 Å². The summed E-state index contributed by atoms with van der Waals surface area (Å²) in [6.45, 7) is 4.31. The van der Waals surface area contributed by atoms with Gasteiger partial charge < -0.3 is 4.90 Å². The second-order valence-electron chi connectivity index (χ2n) is 7.04. The first kappa shape index (κ1) is 17.6. The molecule has 0 aliphatic carbocycles. The van der Waals surface area contributed by atoms with Crippen LogP contribution in [0.25, 0.3) is 10.9 Å². The Morgan fingerprint density at radius 1 is 1.19 bits per heavy atom. The van der Waals surface area contributed by atoms with Crippen molar-refractivity contribution in [3.8, 4) is 0 Å². The predicted molar refractivity (Wildman–Crippen MR) is 102 cm³/mol. The summed E-state index contributed by atoms with van der Waals surface area (Å²) < 4.78 is 27.9. The summed E-state index contributed by atoms with van der Waals surface area (Å²) in [4.78, 5) is 19.1. The number of pyridine rings is 1. The second-order valence-corrected chi connectivity index (χ2v) is 7.04. The highest BCUT2D eigenvalue weighted by atomic mass is 19.1.